The monoisotopic (exact) mass is 435 g/mol. The molecule has 2 N–H and O–H groups in total. The predicted octanol–water partition coefficient (Wildman–Crippen LogP) is 1.42. The van der Waals surface area contributed by atoms with Gasteiger partial charge in [-0.15, -0.1) is 12.4 Å². The highest BCUT2D eigenvalue weighted by Gasteiger charge is 2.40. The van der Waals surface area contributed by atoms with E-state index in [1.54, 1.807) is 4.31 Å². The Bertz CT molecular complexity index is 619. The smallest absolute Gasteiger partial charge is 0.237 e. The average Bonchev–Trinajstić information content (AvgIpc) is 3.13. The Labute approximate surface area is 174 Å². The number of piperidine rings is 1. The Balaban J connectivity index is 0.00000225. The fourth-order valence-electron chi connectivity index (χ4n) is 5.26. The van der Waals surface area contributed by atoms with Crippen molar-refractivity contribution >= 4 is 28.3 Å². The molecule has 0 aromatic carbocycles. The number of carbonyl (C=O) groups is 1. The van der Waals surface area contributed by atoms with Gasteiger partial charge in [-0.05, 0) is 50.9 Å². The van der Waals surface area contributed by atoms with Gasteiger partial charge in [0.1, 0.15) is 0 Å². The lowest BCUT2D eigenvalue weighted by molar-refractivity contribution is -0.123. The molecule has 0 aromatic heterocycles. The van der Waals surface area contributed by atoms with Gasteiger partial charge in [0, 0.05) is 38.4 Å². The van der Waals surface area contributed by atoms with Gasteiger partial charge in [-0.1, -0.05) is 12.8 Å². The number of fused-ring (bicyclic) bond motifs is 1. The zero-order valence-electron chi connectivity index (χ0n) is 16.5. The molecule has 3 saturated heterocycles. The van der Waals surface area contributed by atoms with E-state index in [0.29, 0.717) is 63.9 Å². The van der Waals surface area contributed by atoms with Crippen molar-refractivity contribution in [2.75, 3.05) is 26.3 Å². The van der Waals surface area contributed by atoms with Crippen molar-refractivity contribution in [3.63, 3.8) is 0 Å². The number of nitrogens with zero attached hydrogens (tertiary/aromatic N) is 1. The average molecular weight is 436 g/mol. The van der Waals surface area contributed by atoms with Gasteiger partial charge in [0.2, 0.25) is 15.9 Å². The van der Waals surface area contributed by atoms with Crippen molar-refractivity contribution in [2.45, 2.75) is 81.2 Å². The van der Waals surface area contributed by atoms with Crippen LogP contribution in [0.2, 0.25) is 0 Å². The lowest BCUT2D eigenvalue weighted by Crippen LogP contribution is -2.52. The van der Waals surface area contributed by atoms with E-state index < -0.39 is 10.0 Å². The third-order valence-corrected chi connectivity index (χ3v) is 9.33. The van der Waals surface area contributed by atoms with Gasteiger partial charge in [0.15, 0.2) is 0 Å². The van der Waals surface area contributed by atoms with E-state index in [4.69, 9.17) is 4.74 Å². The van der Waals surface area contributed by atoms with Gasteiger partial charge in [-0.2, -0.15) is 0 Å². The Morgan fingerprint density at radius 1 is 1.00 bits per heavy atom. The fraction of sp³-hybridized carbons (Fsp3) is 0.947. The van der Waals surface area contributed by atoms with E-state index in [9.17, 15) is 13.2 Å². The highest BCUT2D eigenvalue weighted by molar-refractivity contribution is 7.89. The van der Waals surface area contributed by atoms with E-state index in [0.717, 1.165) is 6.42 Å². The van der Waals surface area contributed by atoms with Gasteiger partial charge in [-0.3, -0.25) is 4.79 Å². The van der Waals surface area contributed by atoms with Crippen LogP contribution < -0.4 is 10.6 Å². The first kappa shape index (κ1) is 22.3. The van der Waals surface area contributed by atoms with Crippen molar-refractivity contribution in [1.82, 2.24) is 14.9 Å². The number of hydrogen-bond acceptors (Lipinski definition) is 5. The van der Waals surface area contributed by atoms with Gasteiger partial charge in [0.05, 0.1) is 11.3 Å². The molecule has 3 unspecified atom stereocenters. The summed E-state index contributed by atoms with van der Waals surface area (Å²) < 4.78 is 32.5. The third kappa shape index (κ3) is 4.83. The molecule has 0 bridgehead atoms. The second kappa shape index (κ2) is 9.60. The summed E-state index contributed by atoms with van der Waals surface area (Å²) in [4.78, 5) is 12.7. The predicted molar refractivity (Wildman–Crippen MR) is 110 cm³/mol. The fourth-order valence-corrected chi connectivity index (χ4v) is 7.19. The zero-order chi connectivity index (χ0) is 18.9. The first-order chi connectivity index (χ1) is 13.0. The standard InChI is InChI=1S/C19H33N3O4S.ClH/c23-19(18-13-14-3-1-2-4-17(14)21-18)20-15-5-9-22(10-6-15)27(24,25)16-7-11-26-12-8-16;/h14-18,21H,1-13H2,(H,20,23);1H. The van der Waals surface area contributed by atoms with E-state index >= 15 is 0 Å². The van der Waals surface area contributed by atoms with Crippen LogP contribution in [-0.4, -0.2) is 68.3 Å². The van der Waals surface area contributed by atoms with Gasteiger partial charge >= 0.3 is 0 Å². The molecule has 0 radical (unpaired) electrons. The molecule has 0 aromatic rings. The van der Waals surface area contributed by atoms with Crippen LogP contribution in [0.4, 0.5) is 0 Å². The highest BCUT2D eigenvalue weighted by Crippen LogP contribution is 2.33. The Morgan fingerprint density at radius 3 is 2.36 bits per heavy atom. The molecule has 3 aliphatic heterocycles. The van der Waals surface area contributed by atoms with E-state index in [1.165, 1.54) is 25.7 Å². The summed E-state index contributed by atoms with van der Waals surface area (Å²) in [7, 11) is -3.24. The van der Waals surface area contributed by atoms with Crippen LogP contribution in [0.1, 0.15) is 57.8 Å². The summed E-state index contributed by atoms with van der Waals surface area (Å²) in [6.45, 7) is 2.08. The van der Waals surface area contributed by atoms with E-state index in [1.807, 2.05) is 0 Å². The minimum atomic E-state index is -3.24. The molecule has 7 nitrogen and oxygen atoms in total. The minimum Gasteiger partial charge on any atom is -0.381 e. The third-order valence-electron chi connectivity index (χ3n) is 6.93. The van der Waals surface area contributed by atoms with Crippen LogP contribution in [0.5, 0.6) is 0 Å². The largest absolute Gasteiger partial charge is 0.381 e. The quantitative estimate of drug-likeness (QED) is 0.697. The number of ether oxygens (including phenoxy) is 1. The van der Waals surface area contributed by atoms with Gasteiger partial charge in [-0.25, -0.2) is 12.7 Å². The maximum absolute atomic E-state index is 12.8. The first-order valence-corrected chi connectivity index (χ1v) is 12.2. The molecule has 1 saturated carbocycles. The topological polar surface area (TPSA) is 87.7 Å². The molecular formula is C19H34ClN3O4S. The summed E-state index contributed by atoms with van der Waals surface area (Å²) in [6, 6.07) is 0.533. The maximum atomic E-state index is 12.8. The van der Waals surface area contributed by atoms with Crippen LogP contribution in [-0.2, 0) is 19.6 Å². The Kier molecular flexibility index (Phi) is 7.64. The molecule has 162 valence electrons. The molecule has 0 spiro atoms. The van der Waals surface area contributed by atoms with Crippen molar-refractivity contribution in [2.24, 2.45) is 5.92 Å². The van der Waals surface area contributed by atoms with Crippen LogP contribution in [0.15, 0.2) is 0 Å². The Hall–Kier alpha value is -0.410. The van der Waals surface area contributed by atoms with E-state index in [2.05, 4.69) is 10.6 Å². The molecule has 3 atom stereocenters. The summed E-state index contributed by atoms with van der Waals surface area (Å²) in [5, 5.41) is 6.40. The maximum Gasteiger partial charge on any atom is 0.237 e. The molecule has 4 fully saturated rings. The van der Waals surface area contributed by atoms with Crippen LogP contribution in [0.25, 0.3) is 0 Å². The van der Waals surface area contributed by atoms with Gasteiger partial charge in [0.25, 0.3) is 0 Å². The molecule has 9 heteroatoms. The van der Waals surface area contributed by atoms with Crippen LogP contribution in [0, 0.1) is 5.92 Å². The second-order valence-corrected chi connectivity index (χ2v) is 10.9. The first-order valence-electron chi connectivity index (χ1n) is 10.7. The number of halogens is 1. The van der Waals surface area contributed by atoms with Crippen molar-refractivity contribution in [3.05, 3.63) is 0 Å². The molecule has 3 heterocycles. The molecule has 1 aliphatic carbocycles. The van der Waals surface area contributed by atoms with Crippen molar-refractivity contribution in [3.8, 4) is 0 Å². The molecular weight excluding hydrogens is 402 g/mol. The summed E-state index contributed by atoms with van der Waals surface area (Å²) in [5.41, 5.74) is 0. The van der Waals surface area contributed by atoms with Crippen LogP contribution in [0.3, 0.4) is 0 Å². The number of rotatable bonds is 4. The SMILES string of the molecule is Cl.O=C(NC1CCN(S(=O)(=O)C2CCOCC2)CC1)C1CC2CCCCC2N1. The second-order valence-electron chi connectivity index (χ2n) is 8.64. The molecule has 28 heavy (non-hydrogen) atoms. The number of carbonyl (C=O) groups excluding carboxylic acids is 1. The molecule has 1 amide bonds. The zero-order valence-corrected chi connectivity index (χ0v) is 18.1. The summed E-state index contributed by atoms with van der Waals surface area (Å²) >= 11 is 0. The van der Waals surface area contributed by atoms with Crippen molar-refractivity contribution in [1.29, 1.82) is 0 Å². The highest BCUT2D eigenvalue weighted by atomic mass is 35.5. The molecule has 4 aliphatic rings. The lowest BCUT2D eigenvalue weighted by Gasteiger charge is -2.35. The Morgan fingerprint density at radius 2 is 1.68 bits per heavy atom. The van der Waals surface area contributed by atoms with Crippen molar-refractivity contribution < 1.29 is 17.9 Å². The summed E-state index contributed by atoms with van der Waals surface area (Å²) in [6.07, 6.45) is 8.53. The summed E-state index contributed by atoms with van der Waals surface area (Å²) in [5.74, 6) is 0.760. The molecule has 4 rings (SSSR count). The minimum absolute atomic E-state index is 0. The normalized spacial score (nSPS) is 33.1. The number of hydrogen-bond donors (Lipinski definition) is 2. The van der Waals surface area contributed by atoms with Crippen LogP contribution >= 0.6 is 12.4 Å². The lowest BCUT2D eigenvalue weighted by atomic mass is 9.85. The number of nitrogens with one attached hydrogen (secondary N) is 2. The van der Waals surface area contributed by atoms with Gasteiger partial charge < -0.3 is 15.4 Å². The van der Waals surface area contributed by atoms with E-state index in [-0.39, 0.29) is 35.6 Å². The number of amides is 1. The number of sulfonamides is 1.